The minimum Gasteiger partial charge on any atom is -0.282 e. The second kappa shape index (κ2) is 8.37. The molecule has 0 unspecified atom stereocenters. The van der Waals surface area contributed by atoms with Crippen LogP contribution in [0.1, 0.15) is 20.9 Å². The van der Waals surface area contributed by atoms with E-state index in [0.717, 1.165) is 5.56 Å². The fraction of sp³-hybridized carbons (Fsp3) is 0. The van der Waals surface area contributed by atoms with Crippen LogP contribution in [-0.2, 0) is 0 Å². The summed E-state index contributed by atoms with van der Waals surface area (Å²) >= 11 is 7.12. The van der Waals surface area contributed by atoms with Crippen molar-refractivity contribution in [3.05, 3.63) is 75.8 Å². The third-order valence-corrected chi connectivity index (χ3v) is 4.36. The van der Waals surface area contributed by atoms with Crippen LogP contribution in [0.15, 0.2) is 54.6 Å². The van der Waals surface area contributed by atoms with Crippen molar-refractivity contribution >= 4 is 52.2 Å². The van der Waals surface area contributed by atoms with Gasteiger partial charge in [0.25, 0.3) is 5.91 Å². The van der Waals surface area contributed by atoms with E-state index in [4.69, 9.17) is 11.6 Å². The van der Waals surface area contributed by atoms with Crippen LogP contribution in [0.25, 0.3) is 12.2 Å². The first-order valence-corrected chi connectivity index (χ1v) is 8.75. The lowest BCUT2D eigenvalue weighted by Gasteiger charge is -2.05. The number of nitrogens with one attached hydrogen (secondary N) is 2. The van der Waals surface area contributed by atoms with Crippen LogP contribution >= 0.6 is 22.9 Å². The van der Waals surface area contributed by atoms with Crippen LogP contribution < -0.4 is 10.6 Å². The maximum absolute atomic E-state index is 12.0. The molecule has 0 bridgehead atoms. The molecule has 0 radical (unpaired) electrons. The highest BCUT2D eigenvalue weighted by atomic mass is 35.5. The highest BCUT2D eigenvalue weighted by Crippen LogP contribution is 2.18. The van der Waals surface area contributed by atoms with E-state index in [2.05, 4.69) is 20.8 Å². The Morgan fingerprint density at radius 2 is 1.69 bits per heavy atom. The smallest absolute Gasteiger partial charge is 0.282 e. The molecule has 0 aliphatic rings. The van der Waals surface area contributed by atoms with Gasteiger partial charge in [0.1, 0.15) is 5.01 Å². The number of carbonyl (C=O) groups excluding carboxylic acids is 2. The number of rotatable bonds is 4. The van der Waals surface area contributed by atoms with E-state index in [0.29, 0.717) is 5.01 Å². The van der Waals surface area contributed by atoms with Crippen molar-refractivity contribution in [3.63, 3.8) is 0 Å². The number of benzene rings is 2. The molecule has 3 rings (SSSR count). The number of nitrogens with zero attached hydrogens (tertiary/aromatic N) is 2. The Hall–Kier alpha value is -3.03. The quantitative estimate of drug-likeness (QED) is 0.701. The highest BCUT2D eigenvalue weighted by Gasteiger charge is 2.14. The summed E-state index contributed by atoms with van der Waals surface area (Å²) in [4.78, 5) is 24.0. The van der Waals surface area contributed by atoms with Crippen LogP contribution in [0.5, 0.6) is 0 Å². The summed E-state index contributed by atoms with van der Waals surface area (Å²) in [5.74, 6) is -0.596. The number of anilines is 1. The number of halogens is 1. The SMILES string of the molecule is O=C(NC(=O)c1ccccc1Cl)Nc1nnc(/C=C/c2ccccc2)s1. The molecule has 0 aliphatic carbocycles. The molecule has 6 nitrogen and oxygen atoms in total. The van der Waals surface area contributed by atoms with Gasteiger partial charge in [0, 0.05) is 0 Å². The molecule has 0 saturated carbocycles. The predicted octanol–water partition coefficient (Wildman–Crippen LogP) is 4.32. The first-order valence-electron chi connectivity index (χ1n) is 7.55. The number of aromatic nitrogens is 2. The van der Waals surface area contributed by atoms with Gasteiger partial charge in [-0.15, -0.1) is 10.2 Å². The van der Waals surface area contributed by atoms with Crippen LogP contribution in [0.2, 0.25) is 5.02 Å². The lowest BCUT2D eigenvalue weighted by molar-refractivity contribution is 0.0967. The molecule has 2 aromatic carbocycles. The average molecular weight is 385 g/mol. The Morgan fingerprint density at radius 3 is 2.46 bits per heavy atom. The minimum atomic E-state index is -0.704. The number of carbonyl (C=O) groups is 2. The monoisotopic (exact) mass is 384 g/mol. The van der Waals surface area contributed by atoms with Gasteiger partial charge in [-0.25, -0.2) is 4.79 Å². The number of imide groups is 1. The van der Waals surface area contributed by atoms with E-state index in [-0.39, 0.29) is 15.7 Å². The molecule has 2 N–H and O–H groups in total. The lowest BCUT2D eigenvalue weighted by atomic mass is 10.2. The molecule has 0 spiro atoms. The van der Waals surface area contributed by atoms with Crippen molar-refractivity contribution in [2.45, 2.75) is 0 Å². The van der Waals surface area contributed by atoms with Gasteiger partial charge >= 0.3 is 6.03 Å². The first kappa shape index (κ1) is 17.8. The Kier molecular flexibility index (Phi) is 5.73. The fourth-order valence-corrected chi connectivity index (χ4v) is 2.89. The molecule has 0 fully saturated rings. The van der Waals surface area contributed by atoms with Gasteiger partial charge < -0.3 is 0 Å². The molecule has 3 aromatic rings. The zero-order chi connectivity index (χ0) is 18.4. The first-order chi connectivity index (χ1) is 12.6. The molecule has 0 atom stereocenters. The molecule has 0 saturated heterocycles. The molecule has 1 aromatic heterocycles. The Balaban J connectivity index is 1.58. The van der Waals surface area contributed by atoms with Crippen molar-refractivity contribution < 1.29 is 9.59 Å². The van der Waals surface area contributed by atoms with Crippen molar-refractivity contribution in [3.8, 4) is 0 Å². The maximum atomic E-state index is 12.0. The van der Waals surface area contributed by atoms with E-state index in [1.807, 2.05) is 36.4 Å². The fourth-order valence-electron chi connectivity index (χ4n) is 2.03. The molecular weight excluding hydrogens is 372 g/mol. The van der Waals surface area contributed by atoms with Gasteiger partial charge in [-0.2, -0.15) is 0 Å². The Morgan fingerprint density at radius 1 is 0.962 bits per heavy atom. The van der Waals surface area contributed by atoms with Crippen LogP contribution in [-0.4, -0.2) is 22.1 Å². The number of hydrogen-bond acceptors (Lipinski definition) is 5. The number of urea groups is 1. The number of amides is 3. The summed E-state index contributed by atoms with van der Waals surface area (Å²) in [7, 11) is 0. The van der Waals surface area contributed by atoms with Gasteiger partial charge in [0.15, 0.2) is 0 Å². The predicted molar refractivity (Wildman–Crippen MR) is 103 cm³/mol. The van der Waals surface area contributed by atoms with Crippen molar-refractivity contribution in [1.29, 1.82) is 0 Å². The summed E-state index contributed by atoms with van der Waals surface area (Å²) in [6.07, 6.45) is 3.69. The largest absolute Gasteiger partial charge is 0.328 e. The molecule has 8 heteroatoms. The molecule has 26 heavy (non-hydrogen) atoms. The van der Waals surface area contributed by atoms with Gasteiger partial charge in [0.05, 0.1) is 10.6 Å². The van der Waals surface area contributed by atoms with E-state index >= 15 is 0 Å². The molecule has 130 valence electrons. The normalized spacial score (nSPS) is 10.7. The maximum Gasteiger partial charge on any atom is 0.328 e. The van der Waals surface area contributed by atoms with E-state index < -0.39 is 11.9 Å². The van der Waals surface area contributed by atoms with Crippen molar-refractivity contribution in [2.75, 3.05) is 5.32 Å². The highest BCUT2D eigenvalue weighted by molar-refractivity contribution is 7.16. The van der Waals surface area contributed by atoms with Crippen LogP contribution in [0, 0.1) is 0 Å². The van der Waals surface area contributed by atoms with Gasteiger partial charge in [0.2, 0.25) is 5.13 Å². The van der Waals surface area contributed by atoms with E-state index in [9.17, 15) is 9.59 Å². The summed E-state index contributed by atoms with van der Waals surface area (Å²) in [6.45, 7) is 0. The molecular formula is C18H13ClN4O2S. The van der Waals surface area contributed by atoms with Crippen LogP contribution in [0.3, 0.4) is 0 Å². The van der Waals surface area contributed by atoms with Gasteiger partial charge in [-0.05, 0) is 23.8 Å². The van der Waals surface area contributed by atoms with Gasteiger partial charge in [-0.1, -0.05) is 71.5 Å². The topological polar surface area (TPSA) is 84.0 Å². The van der Waals surface area contributed by atoms with Gasteiger partial charge in [-0.3, -0.25) is 15.4 Å². The Labute approximate surface area is 158 Å². The lowest BCUT2D eigenvalue weighted by Crippen LogP contribution is -2.34. The third-order valence-electron chi connectivity index (χ3n) is 3.22. The zero-order valence-corrected chi connectivity index (χ0v) is 14.9. The average Bonchev–Trinajstić information content (AvgIpc) is 3.08. The summed E-state index contributed by atoms with van der Waals surface area (Å²) < 4.78 is 0. The standard InChI is InChI=1S/C18H13ClN4O2S/c19-14-9-5-4-8-13(14)16(24)20-17(25)21-18-23-22-15(26-18)11-10-12-6-2-1-3-7-12/h1-11H,(H2,20,21,23,24,25)/b11-10+. The summed E-state index contributed by atoms with van der Waals surface area (Å²) in [5, 5.41) is 13.7. The van der Waals surface area contributed by atoms with E-state index in [1.54, 1.807) is 24.3 Å². The molecule has 1 heterocycles. The van der Waals surface area contributed by atoms with Crippen LogP contribution in [0.4, 0.5) is 9.93 Å². The molecule has 3 amide bonds. The third kappa shape index (κ3) is 4.75. The summed E-state index contributed by atoms with van der Waals surface area (Å²) in [6, 6.07) is 15.5. The summed E-state index contributed by atoms with van der Waals surface area (Å²) in [5.41, 5.74) is 1.24. The minimum absolute atomic E-state index is 0.216. The number of hydrogen-bond donors (Lipinski definition) is 2. The second-order valence-corrected chi connectivity index (χ2v) is 6.49. The Bertz CT molecular complexity index is 957. The van der Waals surface area contributed by atoms with Crippen molar-refractivity contribution in [1.82, 2.24) is 15.5 Å². The van der Waals surface area contributed by atoms with E-state index in [1.165, 1.54) is 17.4 Å². The second-order valence-electron chi connectivity index (χ2n) is 5.08. The van der Waals surface area contributed by atoms with Crippen molar-refractivity contribution in [2.24, 2.45) is 0 Å². The molecule has 0 aliphatic heterocycles. The zero-order valence-electron chi connectivity index (χ0n) is 13.3.